The van der Waals surface area contributed by atoms with Crippen molar-refractivity contribution in [1.82, 2.24) is 14.8 Å². The van der Waals surface area contributed by atoms with Crippen LogP contribution in [-0.2, 0) is 12.3 Å². The molecule has 0 spiro atoms. The lowest BCUT2D eigenvalue weighted by molar-refractivity contribution is 0.0821. The molecule has 28 heavy (non-hydrogen) atoms. The zero-order valence-corrected chi connectivity index (χ0v) is 17.2. The predicted molar refractivity (Wildman–Crippen MR) is 109 cm³/mol. The largest absolute Gasteiger partial charge is 0.485 e. The Balaban J connectivity index is 1.55. The Bertz CT molecular complexity index is 1010. The Kier molecular flexibility index (Phi) is 5.68. The molecule has 1 aromatic heterocycles. The summed E-state index contributed by atoms with van der Waals surface area (Å²) in [5.74, 6) is 2.46. The van der Waals surface area contributed by atoms with Crippen molar-refractivity contribution in [2.75, 3.05) is 6.61 Å². The highest BCUT2D eigenvalue weighted by Gasteiger charge is 2.28. The monoisotopic (exact) mass is 461 g/mol. The van der Waals surface area contributed by atoms with Crippen LogP contribution >= 0.6 is 27.7 Å². The molecule has 8 heteroatoms. The van der Waals surface area contributed by atoms with E-state index in [2.05, 4.69) is 32.7 Å². The van der Waals surface area contributed by atoms with Crippen LogP contribution in [0.15, 0.2) is 64.7 Å². The summed E-state index contributed by atoms with van der Waals surface area (Å²) < 4.78 is 27.9. The second-order valence-corrected chi connectivity index (χ2v) is 7.93. The average molecular weight is 462 g/mol. The third-order valence-corrected chi connectivity index (χ3v) is 5.98. The minimum Gasteiger partial charge on any atom is -0.485 e. The number of ether oxygens (including phenoxy) is 2. The summed E-state index contributed by atoms with van der Waals surface area (Å²) in [5, 5.41) is 9.42. The molecule has 1 unspecified atom stereocenters. The van der Waals surface area contributed by atoms with Gasteiger partial charge in [0.25, 0.3) is 0 Å². The summed E-state index contributed by atoms with van der Waals surface area (Å²) in [7, 11) is 0. The zero-order chi connectivity index (χ0) is 19.5. The third-order valence-electron chi connectivity index (χ3n) is 4.23. The highest BCUT2D eigenvalue weighted by Crippen LogP contribution is 2.36. The van der Waals surface area contributed by atoms with Crippen molar-refractivity contribution >= 4 is 27.7 Å². The Morgan fingerprint density at radius 3 is 2.86 bits per heavy atom. The normalized spacial score (nSPS) is 15.4. The first-order chi connectivity index (χ1) is 13.7. The topological polar surface area (TPSA) is 49.2 Å². The Morgan fingerprint density at radius 2 is 2.07 bits per heavy atom. The Hall–Kier alpha value is -2.32. The molecule has 1 aliphatic heterocycles. The number of aromatic nitrogens is 3. The van der Waals surface area contributed by atoms with Gasteiger partial charge in [-0.2, -0.15) is 0 Å². The van der Waals surface area contributed by atoms with Gasteiger partial charge in [-0.25, -0.2) is 4.39 Å². The molecule has 1 aliphatic rings. The number of hydrogen-bond acceptors (Lipinski definition) is 5. The van der Waals surface area contributed by atoms with E-state index in [0.717, 1.165) is 20.9 Å². The van der Waals surface area contributed by atoms with Crippen LogP contribution in [0.1, 0.15) is 17.5 Å². The van der Waals surface area contributed by atoms with Crippen LogP contribution in [0.25, 0.3) is 0 Å². The van der Waals surface area contributed by atoms with E-state index in [4.69, 9.17) is 9.47 Å². The van der Waals surface area contributed by atoms with Crippen molar-refractivity contribution in [3.8, 4) is 11.5 Å². The van der Waals surface area contributed by atoms with Crippen LogP contribution in [0.5, 0.6) is 11.5 Å². The highest BCUT2D eigenvalue weighted by molar-refractivity contribution is 9.10. The second kappa shape index (κ2) is 8.36. The number of thioether (sulfide) groups is 1. The number of rotatable bonds is 6. The summed E-state index contributed by atoms with van der Waals surface area (Å²) in [6.07, 6.45) is 1.44. The van der Waals surface area contributed by atoms with Crippen molar-refractivity contribution in [1.29, 1.82) is 0 Å². The van der Waals surface area contributed by atoms with Crippen LogP contribution in [0, 0.1) is 5.82 Å². The van der Waals surface area contributed by atoms with Gasteiger partial charge in [0.15, 0.2) is 28.6 Å². The maximum atomic E-state index is 13.3. The van der Waals surface area contributed by atoms with Crippen LogP contribution in [-0.4, -0.2) is 21.4 Å². The van der Waals surface area contributed by atoms with E-state index >= 15 is 0 Å². The third kappa shape index (κ3) is 3.93. The molecule has 0 N–H and O–H groups in total. The summed E-state index contributed by atoms with van der Waals surface area (Å²) in [6, 6.07) is 12.2. The van der Waals surface area contributed by atoms with Gasteiger partial charge < -0.3 is 9.47 Å². The summed E-state index contributed by atoms with van der Waals surface area (Å²) in [4.78, 5) is 0. The molecule has 144 valence electrons. The minimum atomic E-state index is -0.353. The second-order valence-electron chi connectivity index (χ2n) is 6.13. The molecule has 0 fully saturated rings. The molecule has 0 amide bonds. The zero-order valence-electron chi connectivity index (χ0n) is 14.8. The lowest BCUT2D eigenvalue weighted by Gasteiger charge is -2.26. The Labute approximate surface area is 174 Å². The summed E-state index contributed by atoms with van der Waals surface area (Å²) in [6.45, 7) is 4.75. The quantitative estimate of drug-likeness (QED) is 0.374. The van der Waals surface area contributed by atoms with Gasteiger partial charge in [-0.3, -0.25) is 4.57 Å². The van der Waals surface area contributed by atoms with Crippen molar-refractivity contribution in [3.05, 3.63) is 76.8 Å². The molecule has 0 bridgehead atoms. The van der Waals surface area contributed by atoms with E-state index < -0.39 is 0 Å². The smallest absolute Gasteiger partial charge is 0.192 e. The van der Waals surface area contributed by atoms with Gasteiger partial charge in [0, 0.05) is 16.8 Å². The number of fused-ring (bicyclic) bond motifs is 1. The molecule has 2 aromatic carbocycles. The van der Waals surface area contributed by atoms with Gasteiger partial charge in [-0.1, -0.05) is 52.0 Å². The van der Waals surface area contributed by atoms with Gasteiger partial charge in [-0.15, -0.1) is 16.8 Å². The van der Waals surface area contributed by atoms with Crippen LogP contribution in [0.4, 0.5) is 4.39 Å². The van der Waals surface area contributed by atoms with Crippen LogP contribution in [0.3, 0.4) is 0 Å². The van der Waals surface area contributed by atoms with Crippen molar-refractivity contribution in [2.24, 2.45) is 0 Å². The number of nitrogens with zero attached hydrogens (tertiary/aromatic N) is 3. The molecular weight excluding hydrogens is 445 g/mol. The molecule has 0 radical (unpaired) electrons. The van der Waals surface area contributed by atoms with E-state index in [9.17, 15) is 4.39 Å². The standard InChI is InChI=1S/C20H17BrFN3O2S/c1-2-9-25-19(18-11-26-16-5-3-4-6-17(16)27-18)23-24-20(25)28-12-13-7-8-14(22)10-15(13)21/h2-8,10,18H,1,9,11-12H2. The summed E-state index contributed by atoms with van der Waals surface area (Å²) >= 11 is 4.93. The van der Waals surface area contributed by atoms with E-state index in [1.165, 1.54) is 23.9 Å². The van der Waals surface area contributed by atoms with Crippen molar-refractivity contribution in [3.63, 3.8) is 0 Å². The van der Waals surface area contributed by atoms with Crippen LogP contribution < -0.4 is 9.47 Å². The molecule has 0 saturated heterocycles. The van der Waals surface area contributed by atoms with Gasteiger partial charge in [-0.05, 0) is 29.8 Å². The predicted octanol–water partition coefficient (Wildman–Crippen LogP) is 5.17. The first-order valence-electron chi connectivity index (χ1n) is 8.65. The van der Waals surface area contributed by atoms with Gasteiger partial charge in [0.2, 0.25) is 0 Å². The molecule has 2 heterocycles. The number of benzene rings is 2. The SMILES string of the molecule is C=CCn1c(SCc2ccc(F)cc2Br)nnc1C1COc2ccccc2O1. The number of para-hydroxylation sites is 2. The molecule has 0 aliphatic carbocycles. The fourth-order valence-electron chi connectivity index (χ4n) is 2.87. The highest BCUT2D eigenvalue weighted by atomic mass is 79.9. The van der Waals surface area contributed by atoms with Crippen molar-refractivity contribution < 1.29 is 13.9 Å². The van der Waals surface area contributed by atoms with Gasteiger partial charge in [0.1, 0.15) is 12.4 Å². The first kappa shape index (κ1) is 19.0. The summed E-state index contributed by atoms with van der Waals surface area (Å²) in [5.41, 5.74) is 0.979. The molecule has 0 saturated carbocycles. The fourth-order valence-corrected chi connectivity index (χ4v) is 4.51. The van der Waals surface area contributed by atoms with E-state index in [-0.39, 0.29) is 11.9 Å². The molecule has 1 atom stereocenters. The number of hydrogen-bond donors (Lipinski definition) is 0. The van der Waals surface area contributed by atoms with Gasteiger partial charge >= 0.3 is 0 Å². The number of halogens is 2. The van der Waals surface area contributed by atoms with E-state index in [0.29, 0.717) is 30.5 Å². The van der Waals surface area contributed by atoms with E-state index in [1.807, 2.05) is 28.8 Å². The van der Waals surface area contributed by atoms with Gasteiger partial charge in [0.05, 0.1) is 0 Å². The maximum Gasteiger partial charge on any atom is 0.192 e. The molecule has 4 rings (SSSR count). The lowest BCUT2D eigenvalue weighted by atomic mass is 10.2. The molecular formula is C20H17BrFN3O2S. The molecule has 3 aromatic rings. The first-order valence-corrected chi connectivity index (χ1v) is 10.4. The Morgan fingerprint density at radius 1 is 1.25 bits per heavy atom. The average Bonchev–Trinajstić information content (AvgIpc) is 3.10. The van der Waals surface area contributed by atoms with Crippen LogP contribution in [0.2, 0.25) is 0 Å². The van der Waals surface area contributed by atoms with E-state index in [1.54, 1.807) is 12.1 Å². The number of allylic oxidation sites excluding steroid dienone is 1. The lowest BCUT2D eigenvalue weighted by Crippen LogP contribution is -2.25. The fraction of sp³-hybridized carbons (Fsp3) is 0.200. The minimum absolute atomic E-state index is 0.271. The maximum absolute atomic E-state index is 13.3. The van der Waals surface area contributed by atoms with Crippen molar-refractivity contribution in [2.45, 2.75) is 23.6 Å². The molecule has 5 nitrogen and oxygen atoms in total.